The van der Waals surface area contributed by atoms with Gasteiger partial charge in [-0.25, -0.2) is 0 Å². The average molecular weight is 328 g/mol. The molecule has 0 aromatic heterocycles. The van der Waals surface area contributed by atoms with E-state index in [-0.39, 0.29) is 0 Å². The minimum Gasteiger partial charge on any atom is -0.508 e. The molecule has 3 heteroatoms. The lowest BCUT2D eigenvalue weighted by Gasteiger charge is -2.50. The number of phenols is 1. The van der Waals surface area contributed by atoms with Crippen molar-refractivity contribution in [3.8, 4) is 5.75 Å². The summed E-state index contributed by atoms with van der Waals surface area (Å²) in [7, 11) is 0. The molecule has 24 heavy (non-hydrogen) atoms. The summed E-state index contributed by atoms with van der Waals surface area (Å²) in [6.45, 7) is 4.18. The molecule has 1 N–H and O–H groups in total. The van der Waals surface area contributed by atoms with Gasteiger partial charge in [0.1, 0.15) is 11.9 Å². The van der Waals surface area contributed by atoms with Crippen LogP contribution in [0.25, 0.3) is 0 Å². The van der Waals surface area contributed by atoms with Crippen molar-refractivity contribution in [2.75, 3.05) is 13.2 Å². The van der Waals surface area contributed by atoms with Gasteiger partial charge in [0, 0.05) is 0 Å². The second-order valence-corrected chi connectivity index (χ2v) is 8.70. The quantitative estimate of drug-likeness (QED) is 0.852. The fraction of sp³-hybridized carbons (Fsp3) is 0.714. The first kappa shape index (κ1) is 15.2. The fourth-order valence-electron chi connectivity index (χ4n) is 6.18. The molecule has 4 aliphatic rings. The first-order valence-corrected chi connectivity index (χ1v) is 9.70. The topological polar surface area (TPSA) is 42.0 Å². The minimum absolute atomic E-state index is 0.352. The molecule has 3 fully saturated rings. The van der Waals surface area contributed by atoms with E-state index in [1.165, 1.54) is 43.2 Å². The standard InChI is InChI=1S/C21H28O3/c1-21-9-8-17-16-5-3-14(22)10-13(16)2-4-18(17)19(21)6-7-20(21)24-12-15-11-23-15/h3,5,10,15,17-20,22H,2,4,6-9,11-12H2,1H3/t15?,17-,18-,19+,20?,21+/m1/s1. The Hall–Kier alpha value is -1.06. The molecule has 0 bridgehead atoms. The van der Waals surface area contributed by atoms with E-state index < -0.39 is 0 Å². The molecular weight excluding hydrogens is 300 g/mol. The van der Waals surface area contributed by atoms with Crippen LogP contribution in [0.5, 0.6) is 5.75 Å². The van der Waals surface area contributed by atoms with Crippen LogP contribution in [-0.4, -0.2) is 30.5 Å². The summed E-state index contributed by atoms with van der Waals surface area (Å²) in [4.78, 5) is 0. The highest BCUT2D eigenvalue weighted by atomic mass is 16.6. The van der Waals surface area contributed by atoms with Gasteiger partial charge in [-0.05, 0) is 85.0 Å². The van der Waals surface area contributed by atoms with Crippen molar-refractivity contribution in [2.24, 2.45) is 17.3 Å². The average Bonchev–Trinajstić information content (AvgIpc) is 3.34. The molecule has 2 unspecified atom stereocenters. The van der Waals surface area contributed by atoms with E-state index >= 15 is 0 Å². The number of ether oxygens (including phenoxy) is 2. The van der Waals surface area contributed by atoms with E-state index in [2.05, 4.69) is 13.0 Å². The first-order valence-electron chi connectivity index (χ1n) is 9.70. The van der Waals surface area contributed by atoms with Gasteiger partial charge in [-0.2, -0.15) is 0 Å². The lowest BCUT2D eigenvalue weighted by Crippen LogP contribution is -2.45. The molecule has 5 rings (SSSR count). The van der Waals surface area contributed by atoms with Crippen molar-refractivity contribution in [1.82, 2.24) is 0 Å². The SMILES string of the molecule is C[C@]12CC[C@@H]3c4ccc(O)cc4CC[C@H]3[C@@H]1CCC2OCC1CO1. The van der Waals surface area contributed by atoms with Crippen LogP contribution < -0.4 is 0 Å². The summed E-state index contributed by atoms with van der Waals surface area (Å²) in [5.41, 5.74) is 3.25. The molecule has 130 valence electrons. The van der Waals surface area contributed by atoms with E-state index in [0.717, 1.165) is 31.5 Å². The summed E-state index contributed by atoms with van der Waals surface area (Å²) < 4.78 is 11.6. The molecule has 3 aliphatic carbocycles. The molecule has 1 heterocycles. The molecule has 1 aromatic rings. The molecular formula is C21H28O3. The summed E-state index contributed by atoms with van der Waals surface area (Å²) in [6, 6.07) is 6.07. The van der Waals surface area contributed by atoms with Crippen LogP contribution in [0, 0.1) is 17.3 Å². The highest BCUT2D eigenvalue weighted by molar-refractivity contribution is 5.40. The van der Waals surface area contributed by atoms with Crippen molar-refractivity contribution in [2.45, 2.75) is 63.6 Å². The zero-order valence-electron chi connectivity index (χ0n) is 14.5. The maximum absolute atomic E-state index is 9.79. The molecule has 1 aromatic carbocycles. The number of aromatic hydroxyl groups is 1. The van der Waals surface area contributed by atoms with Crippen LogP contribution in [0.1, 0.15) is 56.1 Å². The number of phenolic OH excluding ortho intramolecular Hbond substituents is 1. The second kappa shape index (κ2) is 5.47. The number of hydrogen-bond acceptors (Lipinski definition) is 3. The van der Waals surface area contributed by atoms with Gasteiger partial charge in [-0.15, -0.1) is 0 Å². The number of hydrogen-bond donors (Lipinski definition) is 1. The van der Waals surface area contributed by atoms with Crippen LogP contribution in [0.15, 0.2) is 18.2 Å². The number of epoxide rings is 1. The van der Waals surface area contributed by atoms with Crippen molar-refractivity contribution in [1.29, 1.82) is 0 Å². The number of benzene rings is 1. The van der Waals surface area contributed by atoms with E-state index in [4.69, 9.17) is 9.47 Å². The molecule has 0 spiro atoms. The Labute approximate surface area is 144 Å². The van der Waals surface area contributed by atoms with Crippen LogP contribution in [0.2, 0.25) is 0 Å². The van der Waals surface area contributed by atoms with Gasteiger partial charge in [0.25, 0.3) is 0 Å². The predicted molar refractivity (Wildman–Crippen MR) is 92.2 cm³/mol. The third-order valence-corrected chi connectivity index (χ3v) is 7.51. The van der Waals surface area contributed by atoms with Gasteiger partial charge < -0.3 is 14.6 Å². The molecule has 6 atom stereocenters. The Morgan fingerprint density at radius 3 is 2.96 bits per heavy atom. The van der Waals surface area contributed by atoms with Crippen LogP contribution >= 0.6 is 0 Å². The highest BCUT2D eigenvalue weighted by Gasteiger charge is 2.55. The van der Waals surface area contributed by atoms with Crippen molar-refractivity contribution in [3.63, 3.8) is 0 Å². The van der Waals surface area contributed by atoms with E-state index in [1.807, 2.05) is 12.1 Å². The van der Waals surface area contributed by atoms with Crippen molar-refractivity contribution in [3.05, 3.63) is 29.3 Å². The minimum atomic E-state index is 0.352. The maximum atomic E-state index is 9.79. The van der Waals surface area contributed by atoms with Gasteiger partial charge in [0.05, 0.1) is 19.3 Å². The predicted octanol–water partition coefficient (Wildman–Crippen LogP) is 4.03. The van der Waals surface area contributed by atoms with Gasteiger partial charge in [-0.3, -0.25) is 0 Å². The molecule has 0 amide bonds. The Bertz CT molecular complexity index is 638. The first-order chi connectivity index (χ1) is 11.6. The van der Waals surface area contributed by atoms with Gasteiger partial charge >= 0.3 is 0 Å². The second-order valence-electron chi connectivity index (χ2n) is 8.70. The van der Waals surface area contributed by atoms with E-state index in [9.17, 15) is 5.11 Å². The lowest BCUT2D eigenvalue weighted by molar-refractivity contribution is -0.0670. The van der Waals surface area contributed by atoms with E-state index in [0.29, 0.717) is 29.3 Å². The Morgan fingerprint density at radius 2 is 2.12 bits per heavy atom. The number of rotatable bonds is 3. The Kier molecular flexibility index (Phi) is 3.47. The number of fused-ring (bicyclic) bond motifs is 5. The summed E-state index contributed by atoms with van der Waals surface area (Å²) in [5.74, 6) is 2.71. The summed E-state index contributed by atoms with van der Waals surface area (Å²) in [6.07, 6.45) is 8.29. The third-order valence-electron chi connectivity index (χ3n) is 7.51. The summed E-state index contributed by atoms with van der Waals surface area (Å²) in [5, 5.41) is 9.79. The molecule has 2 saturated carbocycles. The van der Waals surface area contributed by atoms with Gasteiger partial charge in [-0.1, -0.05) is 13.0 Å². The smallest absolute Gasteiger partial charge is 0.115 e. The Morgan fingerprint density at radius 1 is 1.25 bits per heavy atom. The lowest BCUT2D eigenvalue weighted by atomic mass is 9.55. The van der Waals surface area contributed by atoms with Crippen LogP contribution in [0.3, 0.4) is 0 Å². The Balaban J connectivity index is 1.38. The van der Waals surface area contributed by atoms with E-state index in [1.54, 1.807) is 0 Å². The largest absolute Gasteiger partial charge is 0.508 e. The van der Waals surface area contributed by atoms with Crippen molar-refractivity contribution >= 4 is 0 Å². The van der Waals surface area contributed by atoms with Crippen molar-refractivity contribution < 1.29 is 14.6 Å². The van der Waals surface area contributed by atoms with Gasteiger partial charge in [0.15, 0.2) is 0 Å². The molecule has 0 radical (unpaired) electrons. The third kappa shape index (κ3) is 2.32. The zero-order chi connectivity index (χ0) is 16.3. The zero-order valence-corrected chi connectivity index (χ0v) is 14.5. The summed E-state index contributed by atoms with van der Waals surface area (Å²) >= 11 is 0. The fourth-order valence-corrected chi connectivity index (χ4v) is 6.18. The molecule has 3 nitrogen and oxygen atoms in total. The normalized spacial score (nSPS) is 43.0. The number of aryl methyl sites for hydroxylation is 1. The van der Waals surface area contributed by atoms with Crippen LogP contribution in [0.4, 0.5) is 0 Å². The maximum Gasteiger partial charge on any atom is 0.115 e. The van der Waals surface area contributed by atoms with Crippen LogP contribution in [-0.2, 0) is 15.9 Å². The highest BCUT2D eigenvalue weighted by Crippen LogP contribution is 2.61. The molecule has 1 saturated heterocycles. The monoisotopic (exact) mass is 328 g/mol. The molecule has 1 aliphatic heterocycles. The van der Waals surface area contributed by atoms with Gasteiger partial charge in [0.2, 0.25) is 0 Å².